The number of aliphatic imine (C=N–C) groups is 1. The maximum absolute atomic E-state index is 4.97. The van der Waals surface area contributed by atoms with E-state index in [2.05, 4.69) is 35.9 Å². The van der Waals surface area contributed by atoms with Crippen LogP contribution in [-0.2, 0) is 0 Å². The fourth-order valence-electron chi connectivity index (χ4n) is 3.52. The minimum absolute atomic E-state index is 0.654. The number of nitrogens with one attached hydrogen (secondary N) is 1. The minimum Gasteiger partial charge on any atom is -0.357 e. The van der Waals surface area contributed by atoms with Crippen LogP contribution in [0.15, 0.2) is 4.99 Å². The van der Waals surface area contributed by atoms with Gasteiger partial charge in [-0.2, -0.15) is 0 Å². The number of piperidine rings is 2. The van der Waals surface area contributed by atoms with Crippen molar-refractivity contribution in [2.24, 2.45) is 10.9 Å². The third kappa shape index (κ3) is 4.87. The van der Waals surface area contributed by atoms with Crippen LogP contribution in [0.4, 0.5) is 0 Å². The van der Waals surface area contributed by atoms with Crippen LogP contribution in [-0.4, -0.2) is 61.1 Å². The normalized spacial score (nSPS) is 26.1. The number of guanidine groups is 1. The van der Waals surface area contributed by atoms with Crippen molar-refractivity contribution in [2.45, 2.75) is 58.9 Å². The Bertz CT molecular complexity index is 321. The standard InChI is InChI=1S/C17H34N4/c1-4-18-17(21-12-9-15(3)10-13-21)19-14-16-8-6-7-11-20(16)5-2/h15-16H,4-14H2,1-3H3,(H,18,19). The second-order valence-corrected chi connectivity index (χ2v) is 6.64. The molecule has 1 N–H and O–H groups in total. The molecule has 0 saturated carbocycles. The van der Waals surface area contributed by atoms with Gasteiger partial charge in [-0.1, -0.05) is 20.3 Å². The second-order valence-electron chi connectivity index (χ2n) is 6.64. The van der Waals surface area contributed by atoms with Crippen molar-refractivity contribution in [2.75, 3.05) is 39.3 Å². The molecule has 2 aliphatic rings. The van der Waals surface area contributed by atoms with E-state index in [4.69, 9.17) is 4.99 Å². The molecule has 1 unspecified atom stereocenters. The van der Waals surface area contributed by atoms with E-state index in [1.807, 2.05) is 0 Å². The molecule has 122 valence electrons. The Labute approximate surface area is 131 Å². The molecular formula is C17H34N4. The zero-order valence-electron chi connectivity index (χ0n) is 14.3. The van der Waals surface area contributed by atoms with Gasteiger partial charge in [-0.15, -0.1) is 0 Å². The molecule has 2 rings (SSSR count). The maximum Gasteiger partial charge on any atom is 0.193 e. The van der Waals surface area contributed by atoms with Gasteiger partial charge in [0.2, 0.25) is 0 Å². The van der Waals surface area contributed by atoms with Crippen molar-refractivity contribution in [3.63, 3.8) is 0 Å². The van der Waals surface area contributed by atoms with Crippen LogP contribution in [0.2, 0.25) is 0 Å². The van der Waals surface area contributed by atoms with E-state index in [1.165, 1.54) is 38.6 Å². The molecule has 0 aliphatic carbocycles. The molecule has 2 heterocycles. The summed E-state index contributed by atoms with van der Waals surface area (Å²) in [4.78, 5) is 10.0. The van der Waals surface area contributed by atoms with Crippen molar-refractivity contribution in [3.05, 3.63) is 0 Å². The molecule has 0 aromatic rings. The monoisotopic (exact) mass is 294 g/mol. The summed E-state index contributed by atoms with van der Waals surface area (Å²) in [6.45, 7) is 13.5. The van der Waals surface area contributed by atoms with Gasteiger partial charge in [-0.3, -0.25) is 9.89 Å². The highest BCUT2D eigenvalue weighted by molar-refractivity contribution is 5.80. The predicted molar refractivity (Wildman–Crippen MR) is 90.8 cm³/mol. The first kappa shape index (κ1) is 16.6. The van der Waals surface area contributed by atoms with Gasteiger partial charge in [0, 0.05) is 25.7 Å². The van der Waals surface area contributed by atoms with E-state index >= 15 is 0 Å². The SMILES string of the molecule is CCNC(=NCC1CCCCN1CC)N1CCC(C)CC1. The predicted octanol–water partition coefficient (Wildman–Crippen LogP) is 2.56. The number of rotatable bonds is 4. The smallest absolute Gasteiger partial charge is 0.193 e. The van der Waals surface area contributed by atoms with E-state index in [-0.39, 0.29) is 0 Å². The topological polar surface area (TPSA) is 30.9 Å². The van der Waals surface area contributed by atoms with Gasteiger partial charge in [0.05, 0.1) is 6.54 Å². The summed E-state index contributed by atoms with van der Waals surface area (Å²) in [6, 6.07) is 0.654. The van der Waals surface area contributed by atoms with Crippen molar-refractivity contribution >= 4 is 5.96 Å². The molecule has 0 radical (unpaired) electrons. The molecule has 0 amide bonds. The lowest BCUT2D eigenvalue weighted by Crippen LogP contribution is -2.47. The molecule has 21 heavy (non-hydrogen) atoms. The zero-order valence-corrected chi connectivity index (χ0v) is 14.3. The Morgan fingerprint density at radius 3 is 2.52 bits per heavy atom. The number of nitrogens with zero attached hydrogens (tertiary/aromatic N) is 3. The Morgan fingerprint density at radius 1 is 1.10 bits per heavy atom. The van der Waals surface area contributed by atoms with Gasteiger partial charge in [-0.25, -0.2) is 0 Å². The third-order valence-electron chi connectivity index (χ3n) is 5.03. The number of likely N-dealkylation sites (tertiary alicyclic amines) is 2. The summed E-state index contributed by atoms with van der Waals surface area (Å²) in [7, 11) is 0. The van der Waals surface area contributed by atoms with Gasteiger partial charge in [0.15, 0.2) is 5.96 Å². The summed E-state index contributed by atoms with van der Waals surface area (Å²) in [5, 5.41) is 3.50. The lowest BCUT2D eigenvalue weighted by molar-refractivity contribution is 0.161. The van der Waals surface area contributed by atoms with E-state index < -0.39 is 0 Å². The fourth-order valence-corrected chi connectivity index (χ4v) is 3.52. The Hall–Kier alpha value is -0.770. The van der Waals surface area contributed by atoms with Crippen LogP contribution < -0.4 is 5.32 Å². The van der Waals surface area contributed by atoms with E-state index in [1.54, 1.807) is 0 Å². The number of hydrogen-bond donors (Lipinski definition) is 1. The van der Waals surface area contributed by atoms with Crippen molar-refractivity contribution in [1.82, 2.24) is 15.1 Å². The highest BCUT2D eigenvalue weighted by Crippen LogP contribution is 2.18. The van der Waals surface area contributed by atoms with Crippen LogP contribution >= 0.6 is 0 Å². The van der Waals surface area contributed by atoms with Gasteiger partial charge in [0.1, 0.15) is 0 Å². The van der Waals surface area contributed by atoms with Crippen LogP contribution in [0.25, 0.3) is 0 Å². The minimum atomic E-state index is 0.654. The van der Waals surface area contributed by atoms with Crippen LogP contribution in [0.1, 0.15) is 52.9 Å². The maximum atomic E-state index is 4.97. The number of hydrogen-bond acceptors (Lipinski definition) is 2. The largest absolute Gasteiger partial charge is 0.357 e. The molecule has 2 fully saturated rings. The summed E-state index contributed by atoms with van der Waals surface area (Å²) in [5.74, 6) is 2.02. The average molecular weight is 294 g/mol. The lowest BCUT2D eigenvalue weighted by atomic mass is 9.99. The Balaban J connectivity index is 1.93. The van der Waals surface area contributed by atoms with Gasteiger partial charge >= 0.3 is 0 Å². The Kier molecular flexibility index (Phi) is 6.81. The molecule has 0 aromatic carbocycles. The summed E-state index contributed by atoms with van der Waals surface area (Å²) in [6.07, 6.45) is 6.64. The van der Waals surface area contributed by atoms with Gasteiger partial charge in [-0.05, 0) is 51.6 Å². The van der Waals surface area contributed by atoms with E-state index in [9.17, 15) is 0 Å². The highest BCUT2D eigenvalue weighted by atomic mass is 15.3. The fraction of sp³-hybridized carbons (Fsp3) is 0.941. The summed E-state index contributed by atoms with van der Waals surface area (Å²) in [5.41, 5.74) is 0. The molecule has 0 spiro atoms. The Morgan fingerprint density at radius 2 is 1.86 bits per heavy atom. The van der Waals surface area contributed by atoms with Crippen LogP contribution in [0, 0.1) is 5.92 Å². The lowest BCUT2D eigenvalue weighted by Gasteiger charge is -2.35. The number of likely N-dealkylation sites (N-methyl/N-ethyl adjacent to an activating group) is 1. The molecule has 1 atom stereocenters. The zero-order chi connectivity index (χ0) is 15.1. The third-order valence-corrected chi connectivity index (χ3v) is 5.03. The van der Waals surface area contributed by atoms with E-state index in [0.717, 1.165) is 44.6 Å². The molecule has 2 aliphatic heterocycles. The first-order valence-corrected chi connectivity index (χ1v) is 9.01. The first-order valence-electron chi connectivity index (χ1n) is 9.01. The quantitative estimate of drug-likeness (QED) is 0.638. The van der Waals surface area contributed by atoms with Gasteiger partial charge < -0.3 is 10.2 Å². The van der Waals surface area contributed by atoms with Gasteiger partial charge in [0.25, 0.3) is 0 Å². The molecule has 0 aromatic heterocycles. The summed E-state index contributed by atoms with van der Waals surface area (Å²) < 4.78 is 0. The van der Waals surface area contributed by atoms with Crippen molar-refractivity contribution < 1.29 is 0 Å². The highest BCUT2D eigenvalue weighted by Gasteiger charge is 2.22. The second kappa shape index (κ2) is 8.62. The molecular weight excluding hydrogens is 260 g/mol. The van der Waals surface area contributed by atoms with Crippen molar-refractivity contribution in [1.29, 1.82) is 0 Å². The van der Waals surface area contributed by atoms with Crippen molar-refractivity contribution in [3.8, 4) is 0 Å². The molecule has 4 heteroatoms. The molecule has 2 saturated heterocycles. The van der Waals surface area contributed by atoms with E-state index in [0.29, 0.717) is 6.04 Å². The summed E-state index contributed by atoms with van der Waals surface area (Å²) >= 11 is 0. The molecule has 4 nitrogen and oxygen atoms in total. The first-order chi connectivity index (χ1) is 10.2. The van der Waals surface area contributed by atoms with Crippen LogP contribution in [0.5, 0.6) is 0 Å². The average Bonchev–Trinajstić information content (AvgIpc) is 2.52. The molecule has 0 bridgehead atoms. The van der Waals surface area contributed by atoms with Crippen LogP contribution in [0.3, 0.4) is 0 Å².